The van der Waals surface area contributed by atoms with E-state index in [4.69, 9.17) is 0 Å². The van der Waals surface area contributed by atoms with Crippen LogP contribution in [0.15, 0.2) is 11.8 Å². The molecule has 2 rings (SSSR count). The first kappa shape index (κ1) is 20.7. The Morgan fingerprint density at radius 2 is 1.88 bits per heavy atom. The summed E-state index contributed by atoms with van der Waals surface area (Å²) in [6, 6.07) is 1.87. The molecule has 0 saturated carbocycles. The number of hydrogen-bond donors (Lipinski definition) is 0. The minimum atomic E-state index is -3.03. The molecule has 0 aromatic rings. The molecule has 2 saturated heterocycles. The Morgan fingerprint density at radius 3 is 2.38 bits per heavy atom. The fraction of sp³-hybridized carbons (Fsp3) is 0.778. The minimum absolute atomic E-state index is 0.0883. The van der Waals surface area contributed by atoms with Crippen LogP contribution in [0.2, 0.25) is 0 Å². The average molecular weight is 383 g/mol. The summed E-state index contributed by atoms with van der Waals surface area (Å²) in [4.78, 5) is 18.4. The fourth-order valence-corrected chi connectivity index (χ4v) is 5.13. The summed E-state index contributed by atoms with van der Waals surface area (Å²) in [7, 11) is 0.855. The smallest absolute Gasteiger partial charge is 0.266 e. The molecular weight excluding hydrogens is 352 g/mol. The van der Waals surface area contributed by atoms with E-state index in [1.165, 1.54) is 0 Å². The quantitative estimate of drug-likeness (QED) is 0.497. The molecule has 2 fully saturated rings. The summed E-state index contributed by atoms with van der Waals surface area (Å²) in [6.45, 7) is 4.83. The van der Waals surface area contributed by atoms with Crippen LogP contribution in [0.5, 0.6) is 0 Å². The van der Waals surface area contributed by atoms with Gasteiger partial charge in [0.2, 0.25) is 0 Å². The summed E-state index contributed by atoms with van der Waals surface area (Å²) < 4.78 is 23.7. The summed E-state index contributed by atoms with van der Waals surface area (Å²) in [5.74, 6) is 0.624. The number of nitrogens with zero attached hydrogens (tertiary/aromatic N) is 4. The van der Waals surface area contributed by atoms with E-state index >= 15 is 0 Å². The van der Waals surface area contributed by atoms with Crippen molar-refractivity contribution in [3.05, 3.63) is 11.8 Å². The number of carbonyl (C=O) groups is 1. The van der Waals surface area contributed by atoms with Gasteiger partial charge in [-0.05, 0) is 39.3 Å². The first-order valence-electron chi connectivity index (χ1n) is 9.24. The highest BCUT2D eigenvalue weighted by molar-refractivity contribution is 7.91. The average Bonchev–Trinajstić information content (AvgIpc) is 2.95. The van der Waals surface area contributed by atoms with Crippen LogP contribution in [-0.4, -0.2) is 86.8 Å². The number of piperidine rings is 1. The Bertz CT molecular complexity index is 673. The molecule has 0 spiro atoms. The van der Waals surface area contributed by atoms with Crippen molar-refractivity contribution in [1.29, 1.82) is 5.26 Å². The van der Waals surface area contributed by atoms with E-state index in [-0.39, 0.29) is 29.0 Å². The van der Waals surface area contributed by atoms with Crippen LogP contribution >= 0.6 is 0 Å². The second kappa shape index (κ2) is 8.87. The molecular formula is C18H30N4O3S. The van der Waals surface area contributed by atoms with E-state index in [2.05, 4.69) is 6.92 Å². The van der Waals surface area contributed by atoms with E-state index in [0.29, 0.717) is 32.0 Å². The molecule has 2 aliphatic rings. The molecule has 0 aromatic heterocycles. The van der Waals surface area contributed by atoms with Gasteiger partial charge in [0.05, 0.1) is 11.5 Å². The molecule has 1 atom stereocenters. The van der Waals surface area contributed by atoms with Crippen molar-refractivity contribution in [2.75, 3.05) is 51.8 Å². The Kier molecular flexibility index (Phi) is 7.07. The molecule has 8 heteroatoms. The van der Waals surface area contributed by atoms with E-state index in [9.17, 15) is 18.5 Å². The Labute approximate surface area is 157 Å². The van der Waals surface area contributed by atoms with Crippen molar-refractivity contribution in [3.8, 4) is 6.07 Å². The van der Waals surface area contributed by atoms with Crippen LogP contribution in [-0.2, 0) is 14.6 Å². The second-order valence-electron chi connectivity index (χ2n) is 7.73. The predicted octanol–water partition coefficient (Wildman–Crippen LogP) is 0.703. The highest BCUT2D eigenvalue weighted by atomic mass is 32.2. The van der Waals surface area contributed by atoms with Gasteiger partial charge in [-0.3, -0.25) is 4.79 Å². The van der Waals surface area contributed by atoms with E-state index in [1.807, 2.05) is 30.0 Å². The SMILES string of the molecule is CC1CCN(C(=O)/C(C#N)=C\N(CCN(C)C)C2CCS(=O)(=O)C2)CC1. The first-order chi connectivity index (χ1) is 12.2. The van der Waals surface area contributed by atoms with Crippen LogP contribution in [0.1, 0.15) is 26.2 Å². The molecule has 0 N–H and O–H groups in total. The number of nitriles is 1. The minimum Gasteiger partial charge on any atom is -0.371 e. The molecule has 1 amide bonds. The molecule has 0 aliphatic carbocycles. The Balaban J connectivity index is 2.16. The van der Waals surface area contributed by atoms with E-state index in [0.717, 1.165) is 19.4 Å². The number of carbonyl (C=O) groups excluding carboxylic acids is 1. The highest BCUT2D eigenvalue weighted by Crippen LogP contribution is 2.21. The van der Waals surface area contributed by atoms with Gasteiger partial charge < -0.3 is 14.7 Å². The molecule has 2 aliphatic heterocycles. The monoisotopic (exact) mass is 382 g/mol. The van der Waals surface area contributed by atoms with Crippen molar-refractivity contribution in [1.82, 2.24) is 14.7 Å². The third-order valence-corrected chi connectivity index (χ3v) is 6.95. The molecule has 146 valence electrons. The van der Waals surface area contributed by atoms with Gasteiger partial charge in [-0.2, -0.15) is 5.26 Å². The van der Waals surface area contributed by atoms with Gasteiger partial charge >= 0.3 is 0 Å². The zero-order valence-electron chi connectivity index (χ0n) is 16.0. The summed E-state index contributed by atoms with van der Waals surface area (Å²) in [5, 5.41) is 9.53. The highest BCUT2D eigenvalue weighted by Gasteiger charge is 2.32. The van der Waals surface area contributed by atoms with E-state index in [1.54, 1.807) is 11.1 Å². The van der Waals surface area contributed by atoms with Gasteiger partial charge in [-0.1, -0.05) is 6.92 Å². The van der Waals surface area contributed by atoms with Crippen LogP contribution in [0, 0.1) is 17.2 Å². The van der Waals surface area contributed by atoms with Crippen molar-refractivity contribution in [3.63, 3.8) is 0 Å². The van der Waals surface area contributed by atoms with Gasteiger partial charge in [0.1, 0.15) is 11.6 Å². The lowest BCUT2D eigenvalue weighted by Crippen LogP contribution is -2.40. The van der Waals surface area contributed by atoms with Gasteiger partial charge in [-0.25, -0.2) is 8.42 Å². The number of sulfone groups is 1. The summed E-state index contributed by atoms with van der Waals surface area (Å²) in [6.07, 6.45) is 4.04. The van der Waals surface area contributed by atoms with Gasteiger partial charge in [0.15, 0.2) is 9.84 Å². The lowest BCUT2D eigenvalue weighted by molar-refractivity contribution is -0.128. The third kappa shape index (κ3) is 5.71. The molecule has 7 nitrogen and oxygen atoms in total. The zero-order valence-corrected chi connectivity index (χ0v) is 16.8. The van der Waals surface area contributed by atoms with Crippen molar-refractivity contribution in [2.45, 2.75) is 32.2 Å². The second-order valence-corrected chi connectivity index (χ2v) is 9.96. The maximum atomic E-state index is 12.7. The predicted molar refractivity (Wildman–Crippen MR) is 101 cm³/mol. The molecule has 0 radical (unpaired) electrons. The van der Waals surface area contributed by atoms with Crippen LogP contribution in [0.3, 0.4) is 0 Å². The van der Waals surface area contributed by atoms with Crippen LogP contribution in [0.25, 0.3) is 0 Å². The first-order valence-corrected chi connectivity index (χ1v) is 11.1. The third-order valence-electron chi connectivity index (χ3n) is 5.20. The lowest BCUT2D eigenvalue weighted by Gasteiger charge is -2.31. The van der Waals surface area contributed by atoms with Crippen molar-refractivity contribution < 1.29 is 13.2 Å². The molecule has 26 heavy (non-hydrogen) atoms. The van der Waals surface area contributed by atoms with Crippen molar-refractivity contribution in [2.24, 2.45) is 5.92 Å². The molecule has 0 bridgehead atoms. The Hall–Kier alpha value is -1.59. The topological polar surface area (TPSA) is 84.7 Å². The maximum Gasteiger partial charge on any atom is 0.266 e. The Morgan fingerprint density at radius 1 is 1.23 bits per heavy atom. The largest absolute Gasteiger partial charge is 0.371 e. The number of likely N-dealkylation sites (tertiary alicyclic amines) is 1. The normalized spacial score (nSPS) is 23.9. The van der Waals surface area contributed by atoms with E-state index < -0.39 is 9.84 Å². The lowest BCUT2D eigenvalue weighted by atomic mass is 9.99. The van der Waals surface area contributed by atoms with Gasteiger partial charge in [-0.15, -0.1) is 0 Å². The number of hydrogen-bond acceptors (Lipinski definition) is 6. The molecule has 0 aromatic carbocycles. The summed E-state index contributed by atoms with van der Waals surface area (Å²) in [5.41, 5.74) is 0.0996. The molecule has 2 heterocycles. The number of likely N-dealkylation sites (N-methyl/N-ethyl adjacent to an activating group) is 1. The number of rotatable bonds is 6. The van der Waals surface area contributed by atoms with Gasteiger partial charge in [0.25, 0.3) is 5.91 Å². The zero-order chi connectivity index (χ0) is 19.3. The van der Waals surface area contributed by atoms with Crippen LogP contribution in [0.4, 0.5) is 0 Å². The standard InChI is InChI=1S/C18H30N4O3S/c1-15-4-7-21(8-5-15)18(23)16(12-19)13-22(10-9-20(2)3)17-6-11-26(24,25)14-17/h13,15,17H,4-11,14H2,1-3H3/b16-13-. The fourth-order valence-electron chi connectivity index (χ4n) is 3.38. The number of amides is 1. The van der Waals surface area contributed by atoms with Crippen LogP contribution < -0.4 is 0 Å². The molecule has 1 unspecified atom stereocenters. The maximum absolute atomic E-state index is 12.7. The van der Waals surface area contributed by atoms with Crippen molar-refractivity contribution >= 4 is 15.7 Å². The van der Waals surface area contributed by atoms with Gasteiger partial charge in [0, 0.05) is 38.4 Å². The summed E-state index contributed by atoms with van der Waals surface area (Å²) >= 11 is 0.